The van der Waals surface area contributed by atoms with Crippen LogP contribution < -0.4 is 4.74 Å². The summed E-state index contributed by atoms with van der Waals surface area (Å²) in [6.45, 7) is 5.60. The molecule has 2 aliphatic rings. The molecule has 1 saturated carbocycles. The van der Waals surface area contributed by atoms with Gasteiger partial charge in [0.25, 0.3) is 0 Å². The van der Waals surface area contributed by atoms with E-state index in [4.69, 9.17) is 4.74 Å². The standard InChI is InChI=1S/C23H31N3O3/c1-15(2)23(28)22-19-9-8-18(29-3)12-20(19)26(24-22)14-21(27)25-11-10-16-6-4-5-7-17(16)13-25/h8-9,12,15-17H,4-7,10-11,13-14H2,1-3H3/t16-,17+/m0/s1. The van der Waals surface area contributed by atoms with Crippen molar-refractivity contribution in [1.29, 1.82) is 0 Å². The van der Waals surface area contributed by atoms with Crippen LogP contribution in [0.1, 0.15) is 56.4 Å². The highest BCUT2D eigenvalue weighted by atomic mass is 16.5. The highest BCUT2D eigenvalue weighted by Gasteiger charge is 2.33. The van der Waals surface area contributed by atoms with Gasteiger partial charge in [-0.05, 0) is 36.8 Å². The fourth-order valence-corrected chi connectivity index (χ4v) is 4.91. The van der Waals surface area contributed by atoms with Crippen LogP contribution in [0.15, 0.2) is 18.2 Å². The van der Waals surface area contributed by atoms with Gasteiger partial charge in [0.2, 0.25) is 5.91 Å². The summed E-state index contributed by atoms with van der Waals surface area (Å²) in [5.41, 5.74) is 1.21. The molecular weight excluding hydrogens is 366 g/mol. The van der Waals surface area contributed by atoms with E-state index in [-0.39, 0.29) is 24.2 Å². The third-order valence-corrected chi connectivity index (χ3v) is 6.65. The van der Waals surface area contributed by atoms with Gasteiger partial charge in [-0.3, -0.25) is 14.3 Å². The number of likely N-dealkylation sites (tertiary alicyclic amines) is 1. The van der Waals surface area contributed by atoms with Gasteiger partial charge in [0, 0.05) is 30.5 Å². The number of piperidine rings is 1. The third-order valence-electron chi connectivity index (χ3n) is 6.65. The Morgan fingerprint density at radius 3 is 2.66 bits per heavy atom. The fraction of sp³-hybridized carbons (Fsp3) is 0.609. The molecule has 29 heavy (non-hydrogen) atoms. The average molecular weight is 398 g/mol. The number of methoxy groups -OCH3 is 1. The highest BCUT2D eigenvalue weighted by Crippen LogP contribution is 2.36. The second-order valence-corrected chi connectivity index (χ2v) is 8.84. The van der Waals surface area contributed by atoms with Crippen LogP contribution in [0.3, 0.4) is 0 Å². The zero-order valence-corrected chi connectivity index (χ0v) is 17.7. The molecule has 1 aliphatic heterocycles. The van der Waals surface area contributed by atoms with Crippen LogP contribution >= 0.6 is 0 Å². The van der Waals surface area contributed by atoms with Gasteiger partial charge in [0.15, 0.2) is 5.78 Å². The summed E-state index contributed by atoms with van der Waals surface area (Å²) >= 11 is 0. The Balaban J connectivity index is 1.59. The first-order valence-electron chi connectivity index (χ1n) is 10.8. The van der Waals surface area contributed by atoms with Crippen LogP contribution in [0.2, 0.25) is 0 Å². The second-order valence-electron chi connectivity index (χ2n) is 8.84. The van der Waals surface area contributed by atoms with E-state index in [9.17, 15) is 9.59 Å². The van der Waals surface area contributed by atoms with E-state index in [1.807, 2.05) is 36.9 Å². The summed E-state index contributed by atoms with van der Waals surface area (Å²) in [7, 11) is 1.61. The van der Waals surface area contributed by atoms with Gasteiger partial charge in [-0.25, -0.2) is 0 Å². The first-order chi connectivity index (χ1) is 14.0. The number of benzene rings is 1. The van der Waals surface area contributed by atoms with Gasteiger partial charge in [-0.2, -0.15) is 5.10 Å². The molecule has 0 spiro atoms. The van der Waals surface area contributed by atoms with Crippen LogP contribution in [0.25, 0.3) is 10.9 Å². The summed E-state index contributed by atoms with van der Waals surface area (Å²) < 4.78 is 7.04. The number of hydrogen-bond acceptors (Lipinski definition) is 4. The number of aromatic nitrogens is 2. The van der Waals surface area contributed by atoms with Crippen molar-refractivity contribution in [2.45, 2.75) is 52.5 Å². The van der Waals surface area contributed by atoms with Crippen molar-refractivity contribution in [2.24, 2.45) is 17.8 Å². The Morgan fingerprint density at radius 2 is 1.93 bits per heavy atom. The maximum atomic E-state index is 13.1. The van der Waals surface area contributed by atoms with Crippen LogP contribution in [0.4, 0.5) is 0 Å². The van der Waals surface area contributed by atoms with Crippen molar-refractivity contribution in [3.05, 3.63) is 23.9 Å². The number of Topliss-reactive ketones (excluding diaryl/α,β-unsaturated/α-hetero) is 1. The minimum Gasteiger partial charge on any atom is -0.497 e. The number of rotatable bonds is 5. The van der Waals surface area contributed by atoms with Crippen LogP contribution in [0, 0.1) is 17.8 Å². The lowest BCUT2D eigenvalue weighted by Crippen LogP contribution is -2.45. The Labute approximate surface area is 172 Å². The summed E-state index contributed by atoms with van der Waals surface area (Å²) in [6.07, 6.45) is 6.29. The SMILES string of the molecule is COc1ccc2c(C(=O)C(C)C)nn(CC(=O)N3CC[C@@H]4CCCC[C@@H]4C3)c2c1. The molecule has 2 atom stereocenters. The van der Waals surface area contributed by atoms with E-state index in [2.05, 4.69) is 5.10 Å². The number of carbonyl (C=O) groups excluding carboxylic acids is 2. The van der Waals surface area contributed by atoms with Crippen LogP contribution in [0.5, 0.6) is 5.75 Å². The van der Waals surface area contributed by atoms with Gasteiger partial charge in [0.1, 0.15) is 18.0 Å². The lowest BCUT2D eigenvalue weighted by molar-refractivity contribution is -0.135. The fourth-order valence-electron chi connectivity index (χ4n) is 4.91. The van der Waals surface area contributed by atoms with Gasteiger partial charge in [-0.1, -0.05) is 33.1 Å². The molecule has 0 radical (unpaired) electrons. The van der Waals surface area contributed by atoms with E-state index >= 15 is 0 Å². The van der Waals surface area contributed by atoms with Crippen molar-refractivity contribution >= 4 is 22.6 Å². The topological polar surface area (TPSA) is 64.4 Å². The molecule has 4 rings (SSSR count). The average Bonchev–Trinajstić information content (AvgIpc) is 3.10. The van der Waals surface area contributed by atoms with Crippen molar-refractivity contribution in [1.82, 2.24) is 14.7 Å². The molecule has 6 heteroatoms. The summed E-state index contributed by atoms with van der Waals surface area (Å²) in [6, 6.07) is 5.56. The molecular formula is C23H31N3O3. The first-order valence-corrected chi connectivity index (χ1v) is 10.8. The van der Waals surface area contributed by atoms with Crippen LogP contribution in [-0.4, -0.2) is 46.6 Å². The molecule has 0 N–H and O–H groups in total. The summed E-state index contributed by atoms with van der Waals surface area (Å²) in [5, 5.41) is 5.35. The largest absolute Gasteiger partial charge is 0.497 e. The van der Waals surface area contributed by atoms with Gasteiger partial charge in [0.05, 0.1) is 12.6 Å². The van der Waals surface area contributed by atoms with E-state index in [1.165, 1.54) is 25.7 Å². The number of ether oxygens (including phenoxy) is 1. The Kier molecular flexibility index (Phi) is 5.61. The lowest BCUT2D eigenvalue weighted by atomic mass is 9.75. The number of ketones is 1. The Morgan fingerprint density at radius 1 is 1.17 bits per heavy atom. The maximum absolute atomic E-state index is 13.1. The van der Waals surface area contributed by atoms with E-state index in [0.29, 0.717) is 17.4 Å². The number of fused-ring (bicyclic) bond motifs is 2. The van der Waals surface area contributed by atoms with Crippen molar-refractivity contribution in [2.75, 3.05) is 20.2 Å². The molecule has 6 nitrogen and oxygen atoms in total. The van der Waals surface area contributed by atoms with Gasteiger partial charge >= 0.3 is 0 Å². The second kappa shape index (κ2) is 8.17. The van der Waals surface area contributed by atoms with Crippen molar-refractivity contribution in [3.63, 3.8) is 0 Å². The molecule has 2 heterocycles. The van der Waals surface area contributed by atoms with Gasteiger partial charge < -0.3 is 9.64 Å². The molecule has 156 valence electrons. The van der Waals surface area contributed by atoms with Crippen molar-refractivity contribution < 1.29 is 14.3 Å². The molecule has 2 aromatic rings. The number of carbonyl (C=O) groups is 2. The number of nitrogens with zero attached hydrogens (tertiary/aromatic N) is 3. The Hall–Kier alpha value is -2.37. The number of hydrogen-bond donors (Lipinski definition) is 0. The minimum atomic E-state index is -0.148. The predicted octanol–water partition coefficient (Wildman–Crippen LogP) is 3.92. The predicted molar refractivity (Wildman–Crippen MR) is 112 cm³/mol. The maximum Gasteiger partial charge on any atom is 0.244 e. The van der Waals surface area contributed by atoms with Gasteiger partial charge in [-0.15, -0.1) is 0 Å². The van der Waals surface area contributed by atoms with E-state index < -0.39 is 0 Å². The normalized spacial score (nSPS) is 22.0. The van der Waals surface area contributed by atoms with E-state index in [1.54, 1.807) is 11.8 Å². The summed E-state index contributed by atoms with van der Waals surface area (Å²) in [4.78, 5) is 27.8. The smallest absolute Gasteiger partial charge is 0.244 e. The molecule has 0 bridgehead atoms. The van der Waals surface area contributed by atoms with Crippen molar-refractivity contribution in [3.8, 4) is 5.75 Å². The first kappa shape index (κ1) is 19.9. The zero-order chi connectivity index (χ0) is 20.5. The third kappa shape index (κ3) is 3.89. The molecule has 1 saturated heterocycles. The highest BCUT2D eigenvalue weighted by molar-refractivity contribution is 6.07. The Bertz CT molecular complexity index is 917. The lowest BCUT2D eigenvalue weighted by Gasteiger charge is -2.41. The zero-order valence-electron chi connectivity index (χ0n) is 17.7. The molecule has 2 fully saturated rings. The molecule has 1 aromatic heterocycles. The summed E-state index contributed by atoms with van der Waals surface area (Å²) in [5.74, 6) is 2.06. The minimum absolute atomic E-state index is 0.00520. The molecule has 0 unspecified atom stereocenters. The monoisotopic (exact) mass is 397 g/mol. The molecule has 1 amide bonds. The quantitative estimate of drug-likeness (QED) is 0.717. The van der Waals surface area contributed by atoms with Crippen LogP contribution in [-0.2, 0) is 11.3 Å². The number of amides is 1. The molecule has 1 aromatic carbocycles. The molecule has 1 aliphatic carbocycles. The van der Waals surface area contributed by atoms with E-state index in [0.717, 1.165) is 36.3 Å².